The van der Waals surface area contributed by atoms with Crippen molar-refractivity contribution in [3.63, 3.8) is 0 Å². The minimum atomic E-state index is -0.259. The second-order valence-corrected chi connectivity index (χ2v) is 6.21. The summed E-state index contributed by atoms with van der Waals surface area (Å²) in [7, 11) is 0. The van der Waals surface area contributed by atoms with Gasteiger partial charge in [0.15, 0.2) is 35.2 Å². The zero-order valence-corrected chi connectivity index (χ0v) is 14.7. The van der Waals surface area contributed by atoms with Crippen LogP contribution in [0.15, 0.2) is 58.7 Å². The number of fused-ring (bicyclic) bond motifs is 2. The maximum atomic E-state index is 5.94. The molecule has 0 saturated heterocycles. The highest BCUT2D eigenvalue weighted by atomic mass is 16.6. The fourth-order valence-corrected chi connectivity index (χ4v) is 2.74. The van der Waals surface area contributed by atoms with E-state index in [0.717, 1.165) is 34.4 Å². The first-order valence-corrected chi connectivity index (χ1v) is 8.56. The van der Waals surface area contributed by atoms with Gasteiger partial charge in [0.2, 0.25) is 0 Å². The average Bonchev–Trinajstić information content (AvgIpc) is 2.71. The van der Waals surface area contributed by atoms with Gasteiger partial charge in [0.1, 0.15) is 13.2 Å². The Kier molecular flexibility index (Phi) is 4.48. The molecule has 0 fully saturated rings. The summed E-state index contributed by atoms with van der Waals surface area (Å²) in [6.07, 6.45) is -0.517. The standard InChI is InChI=1S/C20H20N2O4/c1-13(19-11-23-15-7-3-5-9-17(15)25-19)21-22-14(2)20-12-24-16-8-4-6-10-18(16)26-20/h3-10,19-20H,11-12H2,1-2H3/b21-13-,22-14-. The van der Waals surface area contributed by atoms with E-state index in [9.17, 15) is 0 Å². The van der Waals surface area contributed by atoms with Crippen molar-refractivity contribution in [3.05, 3.63) is 48.5 Å². The second-order valence-electron chi connectivity index (χ2n) is 6.21. The fraction of sp³-hybridized carbons (Fsp3) is 0.300. The highest BCUT2D eigenvalue weighted by Crippen LogP contribution is 2.32. The number of hydrogen-bond acceptors (Lipinski definition) is 6. The van der Waals surface area contributed by atoms with Gasteiger partial charge in [-0.15, -0.1) is 0 Å². The van der Waals surface area contributed by atoms with Gasteiger partial charge in [0, 0.05) is 0 Å². The molecular weight excluding hydrogens is 332 g/mol. The molecule has 4 rings (SSSR count). The third-order valence-electron chi connectivity index (χ3n) is 4.31. The quantitative estimate of drug-likeness (QED) is 0.626. The Morgan fingerprint density at radius 1 is 0.692 bits per heavy atom. The second kappa shape index (κ2) is 7.07. The van der Waals surface area contributed by atoms with Crippen LogP contribution in [0, 0.1) is 0 Å². The highest BCUT2D eigenvalue weighted by Gasteiger charge is 2.25. The smallest absolute Gasteiger partial charge is 0.172 e. The molecular formula is C20H20N2O4. The largest absolute Gasteiger partial charge is 0.485 e. The SMILES string of the molecule is C/C(=N/N=C(/C)C1COc2ccccc2O1)C1COc2ccccc2O1. The topological polar surface area (TPSA) is 61.6 Å². The minimum absolute atomic E-state index is 0.259. The van der Waals surface area contributed by atoms with E-state index in [2.05, 4.69) is 10.2 Å². The van der Waals surface area contributed by atoms with Crippen LogP contribution < -0.4 is 18.9 Å². The number of rotatable bonds is 3. The molecule has 0 aromatic heterocycles. The Balaban J connectivity index is 1.43. The first-order chi connectivity index (χ1) is 12.7. The van der Waals surface area contributed by atoms with Crippen LogP contribution in [0.5, 0.6) is 23.0 Å². The third kappa shape index (κ3) is 3.35. The summed E-state index contributed by atoms with van der Waals surface area (Å²) in [5, 5.41) is 8.63. The van der Waals surface area contributed by atoms with Crippen molar-refractivity contribution < 1.29 is 18.9 Å². The molecule has 0 radical (unpaired) electrons. The zero-order chi connectivity index (χ0) is 17.9. The number of hydrogen-bond donors (Lipinski definition) is 0. The molecule has 0 aliphatic carbocycles. The number of nitrogens with zero attached hydrogens (tertiary/aromatic N) is 2. The van der Waals surface area contributed by atoms with Gasteiger partial charge in [-0.1, -0.05) is 24.3 Å². The Labute approximate surface area is 152 Å². The summed E-state index contributed by atoms with van der Waals surface area (Å²) in [6.45, 7) is 4.59. The van der Waals surface area contributed by atoms with Gasteiger partial charge in [-0.05, 0) is 38.1 Å². The van der Waals surface area contributed by atoms with E-state index in [1.165, 1.54) is 0 Å². The number of benzene rings is 2. The van der Waals surface area contributed by atoms with Crippen LogP contribution in [0.2, 0.25) is 0 Å². The van der Waals surface area contributed by atoms with E-state index in [4.69, 9.17) is 18.9 Å². The molecule has 6 heteroatoms. The molecule has 0 saturated carbocycles. The van der Waals surface area contributed by atoms with E-state index in [1.54, 1.807) is 0 Å². The molecule has 0 amide bonds. The van der Waals surface area contributed by atoms with Crippen LogP contribution in [0.25, 0.3) is 0 Å². The van der Waals surface area contributed by atoms with Gasteiger partial charge in [0.05, 0.1) is 11.4 Å². The van der Waals surface area contributed by atoms with Crippen molar-refractivity contribution in [3.8, 4) is 23.0 Å². The van der Waals surface area contributed by atoms with Crippen LogP contribution in [0.4, 0.5) is 0 Å². The average molecular weight is 352 g/mol. The Morgan fingerprint density at radius 3 is 1.50 bits per heavy atom. The monoisotopic (exact) mass is 352 g/mol. The first kappa shape index (κ1) is 16.4. The number of para-hydroxylation sites is 4. The lowest BCUT2D eigenvalue weighted by Gasteiger charge is -2.26. The van der Waals surface area contributed by atoms with E-state index < -0.39 is 0 Å². The molecule has 2 heterocycles. The first-order valence-electron chi connectivity index (χ1n) is 8.56. The van der Waals surface area contributed by atoms with Crippen molar-refractivity contribution in [2.24, 2.45) is 10.2 Å². The van der Waals surface area contributed by atoms with Crippen LogP contribution >= 0.6 is 0 Å². The predicted octanol–water partition coefficient (Wildman–Crippen LogP) is 3.50. The molecule has 0 N–H and O–H groups in total. The van der Waals surface area contributed by atoms with Crippen molar-refractivity contribution >= 4 is 11.4 Å². The van der Waals surface area contributed by atoms with Crippen molar-refractivity contribution in [2.75, 3.05) is 13.2 Å². The van der Waals surface area contributed by atoms with Crippen LogP contribution in [-0.4, -0.2) is 36.8 Å². The summed E-state index contributed by atoms with van der Waals surface area (Å²) in [6, 6.07) is 15.2. The lowest BCUT2D eigenvalue weighted by atomic mass is 10.2. The molecule has 134 valence electrons. The molecule has 2 aromatic carbocycles. The molecule has 0 spiro atoms. The maximum Gasteiger partial charge on any atom is 0.172 e. The Hall–Kier alpha value is -3.02. The minimum Gasteiger partial charge on any atom is -0.485 e. The van der Waals surface area contributed by atoms with Crippen molar-refractivity contribution in [1.29, 1.82) is 0 Å². The summed E-state index contributed by atoms with van der Waals surface area (Å²) in [5.41, 5.74) is 1.49. The summed E-state index contributed by atoms with van der Waals surface area (Å²) >= 11 is 0. The Morgan fingerprint density at radius 2 is 1.08 bits per heavy atom. The fourth-order valence-electron chi connectivity index (χ4n) is 2.74. The van der Waals surface area contributed by atoms with E-state index in [1.807, 2.05) is 62.4 Å². The van der Waals surface area contributed by atoms with Crippen LogP contribution in [-0.2, 0) is 0 Å². The van der Waals surface area contributed by atoms with Gasteiger partial charge >= 0.3 is 0 Å². The maximum absolute atomic E-state index is 5.94. The predicted molar refractivity (Wildman–Crippen MR) is 98.9 cm³/mol. The van der Waals surface area contributed by atoms with E-state index in [-0.39, 0.29) is 12.2 Å². The van der Waals surface area contributed by atoms with Gasteiger partial charge in [0.25, 0.3) is 0 Å². The molecule has 2 aliphatic rings. The van der Waals surface area contributed by atoms with Gasteiger partial charge < -0.3 is 18.9 Å². The van der Waals surface area contributed by atoms with Gasteiger partial charge in [-0.3, -0.25) is 0 Å². The van der Waals surface area contributed by atoms with E-state index in [0.29, 0.717) is 13.2 Å². The van der Waals surface area contributed by atoms with Crippen molar-refractivity contribution in [2.45, 2.75) is 26.1 Å². The van der Waals surface area contributed by atoms with Crippen LogP contribution in [0.1, 0.15) is 13.8 Å². The molecule has 0 bridgehead atoms. The van der Waals surface area contributed by atoms with Gasteiger partial charge in [-0.25, -0.2) is 0 Å². The lowest BCUT2D eigenvalue weighted by molar-refractivity contribution is 0.133. The van der Waals surface area contributed by atoms with Gasteiger partial charge in [-0.2, -0.15) is 10.2 Å². The molecule has 6 nitrogen and oxygen atoms in total. The number of ether oxygens (including phenoxy) is 4. The summed E-state index contributed by atoms with van der Waals surface area (Å²) in [4.78, 5) is 0. The molecule has 2 aliphatic heterocycles. The summed E-state index contributed by atoms with van der Waals surface area (Å²) in [5.74, 6) is 2.95. The highest BCUT2D eigenvalue weighted by molar-refractivity contribution is 5.90. The normalized spacial score (nSPS) is 22.1. The van der Waals surface area contributed by atoms with Crippen LogP contribution in [0.3, 0.4) is 0 Å². The molecule has 2 aromatic rings. The molecule has 2 unspecified atom stereocenters. The van der Waals surface area contributed by atoms with Crippen molar-refractivity contribution in [1.82, 2.24) is 0 Å². The summed E-state index contributed by atoms with van der Waals surface area (Å²) < 4.78 is 23.3. The van der Waals surface area contributed by atoms with E-state index >= 15 is 0 Å². The molecule has 26 heavy (non-hydrogen) atoms. The third-order valence-corrected chi connectivity index (χ3v) is 4.31. The zero-order valence-electron chi connectivity index (χ0n) is 14.7. The lowest BCUT2D eigenvalue weighted by Crippen LogP contribution is -2.36. The Bertz CT molecular complexity index is 791. The molecule has 2 atom stereocenters.